The topological polar surface area (TPSA) is 80.0 Å². The van der Waals surface area contributed by atoms with Crippen molar-refractivity contribution >= 4 is 5.91 Å². The van der Waals surface area contributed by atoms with Gasteiger partial charge in [0, 0.05) is 31.1 Å². The van der Waals surface area contributed by atoms with E-state index in [0.29, 0.717) is 12.7 Å². The first-order valence-electron chi connectivity index (χ1n) is 13.3. The van der Waals surface area contributed by atoms with Crippen LogP contribution in [0.1, 0.15) is 60.1 Å². The molecule has 1 amide bonds. The van der Waals surface area contributed by atoms with Crippen molar-refractivity contribution in [2.75, 3.05) is 14.2 Å². The molecule has 2 aromatic rings. The van der Waals surface area contributed by atoms with Gasteiger partial charge in [0.25, 0.3) is 5.91 Å². The van der Waals surface area contributed by atoms with E-state index in [2.05, 4.69) is 71.6 Å². The lowest BCUT2D eigenvalue weighted by atomic mass is 9.82. The molecule has 2 N–H and O–H groups in total. The highest BCUT2D eigenvalue weighted by Crippen LogP contribution is 2.46. The van der Waals surface area contributed by atoms with Crippen molar-refractivity contribution in [1.29, 1.82) is 0 Å². The number of nitrogens with one attached hydrogen (secondary N) is 2. The Hall–Kier alpha value is -4.26. The molecule has 0 aliphatic heterocycles. The van der Waals surface area contributed by atoms with Crippen LogP contribution in [-0.2, 0) is 5.54 Å². The van der Waals surface area contributed by atoms with Gasteiger partial charge in [0.05, 0.1) is 24.0 Å². The summed E-state index contributed by atoms with van der Waals surface area (Å²) in [6.45, 7) is 13.6. The number of allylic oxidation sites excluding steroid dienone is 5. The fourth-order valence-corrected chi connectivity index (χ4v) is 4.18. The van der Waals surface area contributed by atoms with Crippen molar-refractivity contribution in [2.45, 2.75) is 44.1 Å². The van der Waals surface area contributed by atoms with Crippen LogP contribution in [0.4, 0.5) is 4.39 Å². The van der Waals surface area contributed by atoms with Gasteiger partial charge in [-0.25, -0.2) is 4.98 Å². The van der Waals surface area contributed by atoms with E-state index in [1.807, 2.05) is 36.5 Å². The maximum Gasteiger partial charge on any atom is 0.254 e. The van der Waals surface area contributed by atoms with E-state index in [-0.39, 0.29) is 23.3 Å². The number of pyridine rings is 1. The number of aromatic nitrogens is 2. The number of amides is 1. The number of alkyl halides is 1. The number of carbonyl (C=O) groups is 1. The van der Waals surface area contributed by atoms with Gasteiger partial charge >= 0.3 is 0 Å². The number of rotatable bonds is 9. The molecule has 1 saturated carbocycles. The monoisotopic (exact) mass is 544 g/mol. The summed E-state index contributed by atoms with van der Waals surface area (Å²) in [5.41, 5.74) is 4.26. The molecule has 4 rings (SSSR count). The Morgan fingerprint density at radius 2 is 1.90 bits per heavy atom. The van der Waals surface area contributed by atoms with Crippen molar-refractivity contribution in [2.24, 2.45) is 5.92 Å². The Morgan fingerprint density at radius 1 is 1.18 bits per heavy atom. The second-order valence-electron chi connectivity index (χ2n) is 9.43. The predicted octanol–water partition coefficient (Wildman–Crippen LogP) is 7.29. The van der Waals surface area contributed by atoms with Gasteiger partial charge in [0.2, 0.25) is 0 Å². The molecule has 0 aromatic carbocycles. The molecule has 2 aromatic heterocycles. The van der Waals surface area contributed by atoms with Gasteiger partial charge in [0.1, 0.15) is 6.26 Å². The first kappa shape index (κ1) is 32.0. The zero-order valence-electron chi connectivity index (χ0n) is 23.8. The lowest BCUT2D eigenvalue weighted by Gasteiger charge is -2.26. The first-order chi connectivity index (χ1) is 19.4. The minimum Gasteiger partial charge on any atom is -0.453 e. The van der Waals surface area contributed by atoms with Gasteiger partial charge in [-0.1, -0.05) is 56.0 Å². The number of hydrogen-bond acceptors (Lipinski definition) is 5. The molecule has 2 unspecified atom stereocenters. The highest BCUT2D eigenvalue weighted by molar-refractivity contribution is 5.93. The smallest absolute Gasteiger partial charge is 0.254 e. The second-order valence-corrected chi connectivity index (χ2v) is 9.43. The third-order valence-corrected chi connectivity index (χ3v) is 6.59. The van der Waals surface area contributed by atoms with Crippen LogP contribution in [0, 0.1) is 5.92 Å². The summed E-state index contributed by atoms with van der Waals surface area (Å²) in [5, 5.41) is 6.25. The summed E-state index contributed by atoms with van der Waals surface area (Å²) >= 11 is 0. The molecule has 40 heavy (non-hydrogen) atoms. The number of hydrogen-bond donors (Lipinski definition) is 2. The number of halogens is 1. The molecule has 2 aliphatic carbocycles. The van der Waals surface area contributed by atoms with Crippen LogP contribution in [0.3, 0.4) is 0 Å². The molecule has 2 heterocycles. The number of carbonyl (C=O) groups excluding carboxylic acids is 1. The molecule has 0 spiro atoms. The van der Waals surface area contributed by atoms with E-state index in [0.717, 1.165) is 48.2 Å². The van der Waals surface area contributed by atoms with Crippen molar-refractivity contribution in [3.8, 4) is 0 Å². The van der Waals surface area contributed by atoms with Crippen molar-refractivity contribution in [3.63, 3.8) is 0 Å². The Bertz CT molecular complexity index is 1240. The Morgan fingerprint density at radius 3 is 2.50 bits per heavy atom. The van der Waals surface area contributed by atoms with E-state index < -0.39 is 0 Å². The van der Waals surface area contributed by atoms with Crippen molar-refractivity contribution in [3.05, 3.63) is 134 Å². The summed E-state index contributed by atoms with van der Waals surface area (Å²) in [6.07, 6.45) is 20.8. The Kier molecular flexibility index (Phi) is 13.3. The van der Waals surface area contributed by atoms with Crippen LogP contribution in [0.2, 0.25) is 0 Å². The van der Waals surface area contributed by atoms with E-state index >= 15 is 0 Å². The summed E-state index contributed by atoms with van der Waals surface area (Å²) in [5.74, 6) is 0.124. The fraction of sp³-hybridized carbons (Fsp3) is 0.303. The zero-order chi connectivity index (χ0) is 29.4. The fourth-order valence-electron chi connectivity index (χ4n) is 4.18. The van der Waals surface area contributed by atoms with Crippen LogP contribution in [0.5, 0.6) is 0 Å². The molecule has 2 aliphatic rings. The Labute approximate surface area is 237 Å². The third-order valence-electron chi connectivity index (χ3n) is 6.59. The SMILES string of the molecule is C=C(NC1(c2ccccn2)CC1)C1=CC(c2ccc(C(=O)NC)cocnc2)C(C)C=C1.C=CCCC=C.CF. The molecule has 0 bridgehead atoms. The number of nitrogens with zero attached hydrogens (tertiary/aromatic N) is 2. The van der Waals surface area contributed by atoms with Gasteiger partial charge < -0.3 is 15.1 Å². The minimum atomic E-state index is -0.217. The summed E-state index contributed by atoms with van der Waals surface area (Å²) in [6, 6.07) is 9.70. The minimum absolute atomic E-state index is 0.0796. The Balaban J connectivity index is 0.000000622. The van der Waals surface area contributed by atoms with Crippen molar-refractivity contribution < 1.29 is 13.6 Å². The lowest BCUT2D eigenvalue weighted by molar-refractivity contribution is 0.0961. The third kappa shape index (κ3) is 9.19. The summed E-state index contributed by atoms with van der Waals surface area (Å²) in [4.78, 5) is 20.9. The number of unbranched alkanes of at least 4 members (excludes halogenated alkanes) is 1. The van der Waals surface area contributed by atoms with Gasteiger partial charge in [-0.15, -0.1) is 13.2 Å². The highest BCUT2D eigenvalue weighted by Gasteiger charge is 2.46. The maximum atomic E-state index is 12.1. The van der Waals surface area contributed by atoms with Gasteiger partial charge in [-0.3, -0.25) is 14.2 Å². The molecular formula is C33H41FN4O2. The van der Waals surface area contributed by atoms with E-state index in [1.54, 1.807) is 19.3 Å². The van der Waals surface area contributed by atoms with Crippen LogP contribution in [0.25, 0.3) is 0 Å². The predicted molar refractivity (Wildman–Crippen MR) is 161 cm³/mol. The zero-order valence-corrected chi connectivity index (χ0v) is 23.8. The standard InChI is InChI=1S/C26H28N4O2.C6H10.CH3F/c1-18-7-8-20(19(2)30-26(11-12-26)24-6-4-5-13-29-24)14-23(18)21-9-10-22(25(31)27-3)16-32-17-28-15-21;1-3-5-6-4-2;1-2/h4-10,13-18,23,30H,2,11-12H2,1,3H3,(H,27,31);3-4H,1-2,5-6H2;1H3. The van der Waals surface area contributed by atoms with E-state index in [4.69, 9.17) is 4.42 Å². The second kappa shape index (κ2) is 16.6. The van der Waals surface area contributed by atoms with Gasteiger partial charge in [0.15, 0.2) is 6.39 Å². The molecule has 6 nitrogen and oxygen atoms in total. The lowest BCUT2D eigenvalue weighted by Crippen LogP contribution is -2.29. The molecule has 212 valence electrons. The van der Waals surface area contributed by atoms with Gasteiger partial charge in [-0.05, 0) is 60.9 Å². The summed E-state index contributed by atoms with van der Waals surface area (Å²) in [7, 11) is 2.09. The summed E-state index contributed by atoms with van der Waals surface area (Å²) < 4.78 is 14.7. The maximum absolute atomic E-state index is 12.1. The molecule has 0 saturated heterocycles. The normalized spacial score (nSPS) is 17.6. The van der Waals surface area contributed by atoms with Crippen LogP contribution in [0.15, 0.2) is 121 Å². The molecule has 2 atom stereocenters. The van der Waals surface area contributed by atoms with Crippen LogP contribution in [-0.4, -0.2) is 30.1 Å². The van der Waals surface area contributed by atoms with Crippen LogP contribution >= 0.6 is 0 Å². The largest absolute Gasteiger partial charge is 0.453 e. The average molecular weight is 545 g/mol. The van der Waals surface area contributed by atoms with Crippen molar-refractivity contribution in [1.82, 2.24) is 20.6 Å². The molecule has 1 fully saturated rings. The van der Waals surface area contributed by atoms with Crippen LogP contribution < -0.4 is 10.6 Å². The molecule has 0 radical (unpaired) electrons. The quantitative estimate of drug-likeness (QED) is 0.256. The van der Waals surface area contributed by atoms with E-state index in [9.17, 15) is 9.18 Å². The molecular weight excluding hydrogens is 503 g/mol. The van der Waals surface area contributed by atoms with E-state index in [1.165, 1.54) is 12.7 Å². The average Bonchev–Trinajstić information content (AvgIpc) is 3.76. The first-order valence-corrected chi connectivity index (χ1v) is 13.3. The highest BCUT2D eigenvalue weighted by atomic mass is 19.1. The van der Waals surface area contributed by atoms with Gasteiger partial charge in [-0.2, -0.15) is 0 Å². The molecule has 7 heteroatoms.